The van der Waals surface area contributed by atoms with Crippen molar-refractivity contribution in [1.82, 2.24) is 0 Å². The second-order valence-electron chi connectivity index (χ2n) is 3.62. The van der Waals surface area contributed by atoms with Gasteiger partial charge < -0.3 is 4.90 Å². The summed E-state index contributed by atoms with van der Waals surface area (Å²) in [5.41, 5.74) is 0.625. The van der Waals surface area contributed by atoms with Crippen LogP contribution in [0.3, 0.4) is 0 Å². The van der Waals surface area contributed by atoms with Gasteiger partial charge in [0.2, 0.25) is 0 Å². The first-order valence-electron chi connectivity index (χ1n) is 5.18. The normalized spacial score (nSPS) is 16.3. The lowest BCUT2D eigenvalue weighted by Crippen LogP contribution is -2.28. The SMILES string of the molecule is N#CCCCN1C=NS(=O)(=O)c2ccccc21. The molecule has 0 aliphatic carbocycles. The lowest BCUT2D eigenvalue weighted by Gasteiger charge is -2.24. The highest BCUT2D eigenvalue weighted by molar-refractivity contribution is 7.90. The van der Waals surface area contributed by atoms with Crippen molar-refractivity contribution < 1.29 is 8.42 Å². The third kappa shape index (κ3) is 2.29. The third-order valence-corrected chi connectivity index (χ3v) is 3.74. The largest absolute Gasteiger partial charge is 0.331 e. The van der Waals surface area contributed by atoms with Crippen molar-refractivity contribution in [3.63, 3.8) is 0 Å². The summed E-state index contributed by atoms with van der Waals surface area (Å²) < 4.78 is 26.9. The average Bonchev–Trinajstić information content (AvgIpc) is 2.33. The van der Waals surface area contributed by atoms with Crippen LogP contribution in [0.5, 0.6) is 0 Å². The van der Waals surface area contributed by atoms with Crippen LogP contribution in [0.2, 0.25) is 0 Å². The van der Waals surface area contributed by atoms with Gasteiger partial charge in [0.1, 0.15) is 11.2 Å². The van der Waals surface area contributed by atoms with Crippen molar-refractivity contribution in [1.29, 1.82) is 5.26 Å². The Balaban J connectivity index is 2.31. The number of benzene rings is 1. The van der Waals surface area contributed by atoms with Crippen molar-refractivity contribution in [2.75, 3.05) is 11.4 Å². The Kier molecular flexibility index (Phi) is 3.11. The second kappa shape index (κ2) is 4.55. The Morgan fingerprint density at radius 1 is 1.35 bits per heavy atom. The van der Waals surface area contributed by atoms with Gasteiger partial charge in [0.15, 0.2) is 0 Å². The first kappa shape index (κ1) is 11.6. The molecule has 17 heavy (non-hydrogen) atoms. The average molecular weight is 249 g/mol. The van der Waals surface area contributed by atoms with Crippen LogP contribution in [0.4, 0.5) is 5.69 Å². The van der Waals surface area contributed by atoms with E-state index in [1.54, 1.807) is 29.2 Å². The van der Waals surface area contributed by atoms with Crippen molar-refractivity contribution in [3.8, 4) is 6.07 Å². The van der Waals surface area contributed by atoms with Crippen molar-refractivity contribution in [2.45, 2.75) is 17.7 Å². The maximum absolute atomic E-state index is 11.7. The molecule has 1 aliphatic heterocycles. The molecular weight excluding hydrogens is 238 g/mol. The van der Waals surface area contributed by atoms with E-state index < -0.39 is 10.0 Å². The van der Waals surface area contributed by atoms with E-state index in [1.807, 2.05) is 0 Å². The van der Waals surface area contributed by atoms with E-state index in [0.29, 0.717) is 25.1 Å². The highest BCUT2D eigenvalue weighted by atomic mass is 32.2. The molecule has 6 heteroatoms. The van der Waals surface area contributed by atoms with Gasteiger partial charge in [-0.05, 0) is 18.6 Å². The number of para-hydroxylation sites is 1. The molecule has 1 heterocycles. The molecule has 88 valence electrons. The molecule has 0 spiro atoms. The minimum absolute atomic E-state index is 0.222. The maximum atomic E-state index is 11.7. The van der Waals surface area contributed by atoms with Crippen LogP contribution in [0, 0.1) is 11.3 Å². The molecule has 0 amide bonds. The molecule has 1 aromatic rings. The molecule has 0 saturated carbocycles. The first-order valence-corrected chi connectivity index (χ1v) is 6.62. The summed E-state index contributed by atoms with van der Waals surface area (Å²) in [7, 11) is -3.54. The molecule has 0 N–H and O–H groups in total. The number of unbranched alkanes of at least 4 members (excludes halogenated alkanes) is 1. The van der Waals surface area contributed by atoms with Crippen LogP contribution in [-0.4, -0.2) is 21.3 Å². The van der Waals surface area contributed by atoms with Gasteiger partial charge in [-0.25, -0.2) is 0 Å². The minimum Gasteiger partial charge on any atom is -0.331 e. The van der Waals surface area contributed by atoms with Crippen LogP contribution in [0.25, 0.3) is 0 Å². The van der Waals surface area contributed by atoms with Gasteiger partial charge in [-0.1, -0.05) is 12.1 Å². The zero-order chi connectivity index (χ0) is 12.3. The Bertz CT molecular complexity index is 587. The van der Waals surface area contributed by atoms with Gasteiger partial charge >= 0.3 is 0 Å². The van der Waals surface area contributed by atoms with Gasteiger partial charge in [-0.15, -0.1) is 4.40 Å². The summed E-state index contributed by atoms with van der Waals surface area (Å²) in [6.45, 7) is 0.587. The monoisotopic (exact) mass is 249 g/mol. The number of rotatable bonds is 3. The molecule has 2 rings (SSSR count). The topological polar surface area (TPSA) is 73.5 Å². The lowest BCUT2D eigenvalue weighted by molar-refractivity contribution is 0.597. The van der Waals surface area contributed by atoms with Crippen LogP contribution in [-0.2, 0) is 10.0 Å². The summed E-state index contributed by atoms with van der Waals surface area (Å²) in [6.07, 6.45) is 2.44. The molecule has 0 fully saturated rings. The van der Waals surface area contributed by atoms with Gasteiger partial charge in [0.05, 0.1) is 11.8 Å². The highest BCUT2D eigenvalue weighted by Crippen LogP contribution is 2.29. The van der Waals surface area contributed by atoms with Crippen molar-refractivity contribution in [2.24, 2.45) is 4.40 Å². The van der Waals surface area contributed by atoms with E-state index in [4.69, 9.17) is 5.26 Å². The van der Waals surface area contributed by atoms with Crippen LogP contribution < -0.4 is 4.90 Å². The van der Waals surface area contributed by atoms with Gasteiger partial charge in [0, 0.05) is 13.0 Å². The quantitative estimate of drug-likeness (QED) is 0.761. The summed E-state index contributed by atoms with van der Waals surface area (Å²) in [6, 6.07) is 8.79. The van der Waals surface area contributed by atoms with Gasteiger partial charge in [-0.3, -0.25) is 0 Å². The van der Waals surface area contributed by atoms with Gasteiger partial charge in [0.25, 0.3) is 10.0 Å². The molecule has 1 aliphatic rings. The molecule has 0 unspecified atom stereocenters. The predicted octanol–water partition coefficient (Wildman–Crippen LogP) is 1.53. The van der Waals surface area contributed by atoms with Crippen molar-refractivity contribution in [3.05, 3.63) is 24.3 Å². The minimum atomic E-state index is -3.54. The molecular formula is C11H11N3O2S. The Hall–Kier alpha value is -1.87. The zero-order valence-corrected chi connectivity index (χ0v) is 9.89. The lowest BCUT2D eigenvalue weighted by atomic mass is 10.2. The van der Waals surface area contributed by atoms with E-state index >= 15 is 0 Å². The first-order chi connectivity index (χ1) is 8.15. The smallest absolute Gasteiger partial charge is 0.285 e. The molecule has 0 aromatic heterocycles. The number of hydrogen-bond donors (Lipinski definition) is 0. The second-order valence-corrected chi connectivity index (χ2v) is 5.22. The molecule has 0 bridgehead atoms. The van der Waals surface area contributed by atoms with E-state index in [1.165, 1.54) is 6.34 Å². The zero-order valence-electron chi connectivity index (χ0n) is 9.07. The Labute approximate surface area is 100 Å². The van der Waals surface area contributed by atoms with E-state index in [-0.39, 0.29) is 4.90 Å². The third-order valence-electron chi connectivity index (χ3n) is 2.47. The van der Waals surface area contributed by atoms with E-state index in [0.717, 1.165) is 0 Å². The highest BCUT2D eigenvalue weighted by Gasteiger charge is 2.24. The number of hydrogen-bond acceptors (Lipinski definition) is 4. The van der Waals surface area contributed by atoms with Gasteiger partial charge in [-0.2, -0.15) is 13.7 Å². The van der Waals surface area contributed by atoms with E-state index in [2.05, 4.69) is 10.5 Å². The summed E-state index contributed by atoms with van der Waals surface area (Å²) in [5.74, 6) is 0. The Morgan fingerprint density at radius 3 is 2.88 bits per heavy atom. The number of fused-ring (bicyclic) bond motifs is 1. The molecule has 1 aromatic carbocycles. The van der Waals surface area contributed by atoms with Crippen LogP contribution >= 0.6 is 0 Å². The van der Waals surface area contributed by atoms with Crippen molar-refractivity contribution >= 4 is 22.0 Å². The molecule has 0 saturated heterocycles. The van der Waals surface area contributed by atoms with Crippen LogP contribution in [0.15, 0.2) is 33.6 Å². The maximum Gasteiger partial charge on any atom is 0.285 e. The standard InChI is InChI=1S/C11H11N3O2S/c12-7-3-4-8-14-9-13-17(15,16)11-6-2-1-5-10(11)14/h1-2,5-6,9H,3-4,8H2. The number of nitriles is 1. The fraction of sp³-hybridized carbons (Fsp3) is 0.273. The summed E-state index contributed by atoms with van der Waals surface area (Å²) in [4.78, 5) is 1.98. The molecule has 0 radical (unpaired) electrons. The molecule has 0 atom stereocenters. The number of nitrogens with zero attached hydrogens (tertiary/aromatic N) is 3. The Morgan fingerprint density at radius 2 is 2.12 bits per heavy atom. The van der Waals surface area contributed by atoms with Crippen LogP contribution in [0.1, 0.15) is 12.8 Å². The molecule has 5 nitrogen and oxygen atoms in total. The number of anilines is 1. The summed E-state index contributed by atoms with van der Waals surface area (Å²) in [5, 5.41) is 8.48. The fourth-order valence-electron chi connectivity index (χ4n) is 1.66. The number of sulfonamides is 1. The fourth-order valence-corrected chi connectivity index (χ4v) is 2.71. The predicted molar refractivity (Wildman–Crippen MR) is 64.3 cm³/mol. The van der Waals surface area contributed by atoms with E-state index in [9.17, 15) is 8.42 Å². The summed E-state index contributed by atoms with van der Waals surface area (Å²) >= 11 is 0.